The first kappa shape index (κ1) is 26.8. The average molecular weight is 629 g/mol. The Labute approximate surface area is 248 Å². The first-order valence-electron chi connectivity index (χ1n) is 12.7. The molecule has 2 aromatic heterocycles. The molecule has 0 aliphatic carbocycles. The highest BCUT2D eigenvalue weighted by Crippen LogP contribution is 2.42. The Bertz CT molecular complexity index is 1960. The first-order chi connectivity index (χ1) is 19.9. The van der Waals surface area contributed by atoms with E-state index in [1.807, 2.05) is 67.6 Å². The van der Waals surface area contributed by atoms with Gasteiger partial charge in [-0.25, -0.2) is 4.98 Å². The second-order valence-electron chi connectivity index (χ2n) is 9.36. The molecule has 0 atom stereocenters. The van der Waals surface area contributed by atoms with Crippen molar-refractivity contribution in [3.63, 3.8) is 0 Å². The number of benzene rings is 4. The lowest BCUT2D eigenvalue weighted by Crippen LogP contribution is -2.20. The van der Waals surface area contributed by atoms with E-state index in [0.717, 1.165) is 10.9 Å². The molecular weight excluding hydrogens is 606 g/mol. The Morgan fingerprint density at radius 2 is 1.80 bits per heavy atom. The van der Waals surface area contributed by atoms with E-state index in [-0.39, 0.29) is 11.4 Å². The zero-order chi connectivity index (χ0) is 28.5. The standard InChI is InChI=1S/C32H23BrClN3O4/c1-19-11-13-20(14-12-19)18-40-30-26(39-2)16-22(28(33)29(30)34)17-35-37-31(27-15-21-7-3-6-10-25(21)41-27)36-24-9-5-4-8-23(24)32(37)38/h3-17H,18H2,1-2H3. The predicted molar refractivity (Wildman–Crippen MR) is 165 cm³/mol. The summed E-state index contributed by atoms with van der Waals surface area (Å²) in [6.45, 7) is 2.35. The van der Waals surface area contributed by atoms with Crippen molar-refractivity contribution in [3.8, 4) is 23.1 Å². The number of nitrogens with zero attached hydrogens (tertiary/aromatic N) is 3. The van der Waals surface area contributed by atoms with Gasteiger partial charge in [0.15, 0.2) is 17.3 Å². The van der Waals surface area contributed by atoms with Crippen LogP contribution in [-0.4, -0.2) is 23.0 Å². The number of methoxy groups -OCH3 is 1. The maximum Gasteiger partial charge on any atom is 0.282 e. The minimum Gasteiger partial charge on any atom is -0.493 e. The van der Waals surface area contributed by atoms with E-state index in [4.69, 9.17) is 30.5 Å². The summed E-state index contributed by atoms with van der Waals surface area (Å²) >= 11 is 10.3. The second-order valence-corrected chi connectivity index (χ2v) is 10.5. The lowest BCUT2D eigenvalue weighted by molar-refractivity contribution is 0.284. The highest BCUT2D eigenvalue weighted by Gasteiger charge is 2.19. The van der Waals surface area contributed by atoms with E-state index < -0.39 is 0 Å². The molecule has 0 amide bonds. The molecule has 0 saturated heterocycles. The summed E-state index contributed by atoms with van der Waals surface area (Å²) in [6.07, 6.45) is 1.52. The van der Waals surface area contributed by atoms with Gasteiger partial charge in [0.05, 0.1) is 24.2 Å². The molecule has 7 nitrogen and oxygen atoms in total. The number of para-hydroxylation sites is 2. The lowest BCUT2D eigenvalue weighted by Gasteiger charge is -2.15. The van der Waals surface area contributed by atoms with Gasteiger partial charge in [0, 0.05) is 15.4 Å². The fourth-order valence-electron chi connectivity index (χ4n) is 4.43. The topological polar surface area (TPSA) is 78.9 Å². The van der Waals surface area contributed by atoms with Gasteiger partial charge in [-0.2, -0.15) is 9.78 Å². The van der Waals surface area contributed by atoms with Crippen molar-refractivity contribution in [2.75, 3.05) is 7.11 Å². The van der Waals surface area contributed by atoms with Crippen LogP contribution in [0.25, 0.3) is 33.5 Å². The van der Waals surface area contributed by atoms with Gasteiger partial charge in [0.25, 0.3) is 5.56 Å². The number of halogens is 2. The van der Waals surface area contributed by atoms with Crippen LogP contribution in [0.1, 0.15) is 16.7 Å². The number of fused-ring (bicyclic) bond motifs is 2. The van der Waals surface area contributed by atoms with Gasteiger partial charge in [0.2, 0.25) is 5.82 Å². The van der Waals surface area contributed by atoms with Crippen molar-refractivity contribution in [1.82, 2.24) is 9.66 Å². The average Bonchev–Trinajstić information content (AvgIpc) is 3.43. The lowest BCUT2D eigenvalue weighted by atomic mass is 10.1. The van der Waals surface area contributed by atoms with E-state index in [1.54, 1.807) is 24.3 Å². The summed E-state index contributed by atoms with van der Waals surface area (Å²) in [5.74, 6) is 1.51. The van der Waals surface area contributed by atoms with Crippen LogP contribution < -0.4 is 15.0 Å². The van der Waals surface area contributed by atoms with Gasteiger partial charge in [0.1, 0.15) is 17.2 Å². The van der Waals surface area contributed by atoms with E-state index >= 15 is 0 Å². The zero-order valence-corrected chi connectivity index (χ0v) is 24.4. The molecule has 204 valence electrons. The molecule has 2 heterocycles. The van der Waals surface area contributed by atoms with Crippen LogP contribution in [0.4, 0.5) is 0 Å². The third kappa shape index (κ3) is 5.24. The van der Waals surface area contributed by atoms with E-state index in [1.165, 1.54) is 23.6 Å². The van der Waals surface area contributed by atoms with Gasteiger partial charge < -0.3 is 13.9 Å². The molecule has 0 N–H and O–H groups in total. The van der Waals surface area contributed by atoms with Crippen molar-refractivity contribution in [2.45, 2.75) is 13.5 Å². The van der Waals surface area contributed by atoms with Crippen molar-refractivity contribution in [3.05, 3.63) is 121 Å². The summed E-state index contributed by atoms with van der Waals surface area (Å²) in [7, 11) is 1.54. The molecule has 0 fully saturated rings. The minimum absolute atomic E-state index is 0.272. The largest absolute Gasteiger partial charge is 0.493 e. The molecule has 9 heteroatoms. The van der Waals surface area contributed by atoms with Gasteiger partial charge >= 0.3 is 0 Å². The number of hydrogen-bond acceptors (Lipinski definition) is 6. The maximum atomic E-state index is 13.6. The zero-order valence-electron chi connectivity index (χ0n) is 22.1. The normalized spacial score (nSPS) is 11.5. The molecule has 4 aromatic carbocycles. The fraction of sp³-hybridized carbons (Fsp3) is 0.0938. The Morgan fingerprint density at radius 1 is 1.05 bits per heavy atom. The maximum absolute atomic E-state index is 13.6. The van der Waals surface area contributed by atoms with Crippen LogP contribution in [0, 0.1) is 6.92 Å². The number of aromatic nitrogens is 2. The third-order valence-corrected chi connectivity index (χ3v) is 8.03. The number of furan rings is 1. The van der Waals surface area contributed by atoms with Crippen molar-refractivity contribution in [1.29, 1.82) is 0 Å². The molecule has 0 aliphatic rings. The smallest absolute Gasteiger partial charge is 0.282 e. The molecule has 0 bridgehead atoms. The summed E-state index contributed by atoms with van der Waals surface area (Å²) < 4.78 is 19.5. The molecule has 0 radical (unpaired) electrons. The first-order valence-corrected chi connectivity index (χ1v) is 13.9. The molecular formula is C32H23BrClN3O4. The molecule has 6 aromatic rings. The van der Waals surface area contributed by atoms with Crippen LogP contribution in [0.2, 0.25) is 5.02 Å². The van der Waals surface area contributed by atoms with Crippen molar-refractivity contribution >= 4 is 55.6 Å². The van der Waals surface area contributed by atoms with Gasteiger partial charge in [-0.05, 0) is 58.7 Å². The van der Waals surface area contributed by atoms with Gasteiger partial charge in [-0.15, -0.1) is 0 Å². The summed E-state index contributed by atoms with van der Waals surface area (Å²) in [5, 5.41) is 6.19. The highest BCUT2D eigenvalue weighted by molar-refractivity contribution is 9.10. The van der Waals surface area contributed by atoms with Crippen LogP contribution in [0.5, 0.6) is 11.5 Å². The van der Waals surface area contributed by atoms with Crippen LogP contribution in [-0.2, 0) is 6.61 Å². The Balaban J connectivity index is 1.42. The Hall–Kier alpha value is -4.40. The highest BCUT2D eigenvalue weighted by atomic mass is 79.9. The molecule has 0 saturated carbocycles. The summed E-state index contributed by atoms with van der Waals surface area (Å²) in [5.41, 5.74) is 3.62. The Kier molecular flexibility index (Phi) is 7.34. The monoisotopic (exact) mass is 627 g/mol. The third-order valence-electron chi connectivity index (χ3n) is 6.59. The molecule has 0 aliphatic heterocycles. The quantitative estimate of drug-likeness (QED) is 0.167. The van der Waals surface area contributed by atoms with Crippen LogP contribution in [0.3, 0.4) is 0 Å². The van der Waals surface area contributed by atoms with Crippen LogP contribution >= 0.6 is 27.5 Å². The van der Waals surface area contributed by atoms with E-state index in [2.05, 4.69) is 21.0 Å². The Morgan fingerprint density at radius 3 is 2.59 bits per heavy atom. The second kappa shape index (κ2) is 11.2. The number of rotatable bonds is 7. The van der Waals surface area contributed by atoms with Gasteiger partial charge in [-0.3, -0.25) is 4.79 Å². The number of aryl methyl sites for hydroxylation is 1. The molecule has 0 spiro atoms. The summed E-state index contributed by atoms with van der Waals surface area (Å²) in [6, 6.07) is 26.4. The summed E-state index contributed by atoms with van der Waals surface area (Å²) in [4.78, 5) is 18.3. The molecule has 6 rings (SSSR count). The van der Waals surface area contributed by atoms with E-state index in [0.29, 0.717) is 55.4 Å². The SMILES string of the molecule is COc1cc(C=Nn2c(-c3cc4ccccc4o3)nc3ccccc3c2=O)c(Br)c(Cl)c1OCc1ccc(C)cc1. The predicted octanol–water partition coefficient (Wildman–Crippen LogP) is 8.00. The fourth-order valence-corrected chi connectivity index (χ4v) is 5.08. The molecule has 0 unspecified atom stereocenters. The number of hydrogen-bond donors (Lipinski definition) is 0. The van der Waals surface area contributed by atoms with Crippen molar-refractivity contribution in [2.24, 2.45) is 5.10 Å². The van der Waals surface area contributed by atoms with E-state index in [9.17, 15) is 4.79 Å². The number of ether oxygens (including phenoxy) is 2. The molecule has 41 heavy (non-hydrogen) atoms. The van der Waals surface area contributed by atoms with Gasteiger partial charge in [-0.1, -0.05) is 71.8 Å². The van der Waals surface area contributed by atoms with Crippen LogP contribution in [0.15, 0.2) is 104 Å². The minimum atomic E-state index is -0.338. The van der Waals surface area contributed by atoms with Crippen molar-refractivity contribution < 1.29 is 13.9 Å².